The molecule has 0 aliphatic carbocycles. The zero-order chi connectivity index (χ0) is 12.6. The lowest BCUT2D eigenvalue weighted by Gasteiger charge is -2.01. The fourth-order valence-electron chi connectivity index (χ4n) is 1.71. The van der Waals surface area contributed by atoms with Gasteiger partial charge in [0.2, 0.25) is 0 Å². The zero-order valence-electron chi connectivity index (χ0n) is 9.06. The lowest BCUT2D eigenvalue weighted by atomic mass is 10.1. The van der Waals surface area contributed by atoms with Crippen LogP contribution in [0.3, 0.4) is 0 Å². The third-order valence-corrected chi connectivity index (χ3v) is 3.48. The number of pyridine rings is 1. The van der Waals surface area contributed by atoms with Crippen LogP contribution in [0.25, 0.3) is 10.2 Å². The summed E-state index contributed by atoms with van der Waals surface area (Å²) in [4.78, 5) is 26.7. The molecule has 0 atom stereocenters. The summed E-state index contributed by atoms with van der Waals surface area (Å²) in [6.07, 6.45) is 0. The lowest BCUT2D eigenvalue weighted by molar-refractivity contribution is 0.100. The van der Waals surface area contributed by atoms with Crippen LogP contribution in [0.15, 0.2) is 11.2 Å². The molecule has 0 saturated carbocycles. The summed E-state index contributed by atoms with van der Waals surface area (Å²) in [5.74, 6) is -0.590. The van der Waals surface area contributed by atoms with Crippen LogP contribution >= 0.6 is 11.3 Å². The molecule has 1 amide bonds. The van der Waals surface area contributed by atoms with Gasteiger partial charge in [0.1, 0.15) is 16.3 Å². The summed E-state index contributed by atoms with van der Waals surface area (Å²) in [6.45, 7) is 1.80. The van der Waals surface area contributed by atoms with E-state index in [1.54, 1.807) is 13.0 Å². The van der Waals surface area contributed by atoms with E-state index in [-0.39, 0.29) is 17.1 Å². The van der Waals surface area contributed by atoms with Gasteiger partial charge in [-0.1, -0.05) is 5.18 Å². The average molecular weight is 250 g/mol. The quantitative estimate of drug-likeness (QED) is 0.805. The molecule has 0 saturated heterocycles. The van der Waals surface area contributed by atoms with Gasteiger partial charge in [-0.05, 0) is 18.6 Å². The van der Waals surface area contributed by atoms with Gasteiger partial charge in [0.25, 0.3) is 5.91 Å². The first-order valence-corrected chi connectivity index (χ1v) is 5.63. The second kappa shape index (κ2) is 4.10. The van der Waals surface area contributed by atoms with Crippen molar-refractivity contribution < 1.29 is 4.79 Å². The van der Waals surface area contributed by atoms with Gasteiger partial charge in [-0.25, -0.2) is 4.98 Å². The van der Waals surface area contributed by atoms with E-state index in [9.17, 15) is 9.70 Å². The maximum absolute atomic E-state index is 11.2. The molecule has 0 aromatic carbocycles. The van der Waals surface area contributed by atoms with Crippen molar-refractivity contribution in [3.8, 4) is 0 Å². The monoisotopic (exact) mass is 250 g/mol. The summed E-state index contributed by atoms with van der Waals surface area (Å²) in [5, 5.41) is 3.45. The SMILES string of the molecule is Cc1cc(CN=O)c2c(N)c(C(N)=O)sc2n1. The van der Waals surface area contributed by atoms with E-state index < -0.39 is 5.91 Å². The molecule has 2 aromatic rings. The summed E-state index contributed by atoms with van der Waals surface area (Å²) >= 11 is 1.13. The van der Waals surface area contributed by atoms with Crippen LogP contribution in [0, 0.1) is 11.8 Å². The highest BCUT2D eigenvalue weighted by Crippen LogP contribution is 2.35. The molecule has 0 bridgehead atoms. The number of fused-ring (bicyclic) bond motifs is 1. The highest BCUT2D eigenvalue weighted by Gasteiger charge is 2.18. The van der Waals surface area contributed by atoms with Crippen LogP contribution in [0.4, 0.5) is 5.69 Å². The van der Waals surface area contributed by atoms with Crippen molar-refractivity contribution in [3.05, 3.63) is 27.1 Å². The summed E-state index contributed by atoms with van der Waals surface area (Å²) in [7, 11) is 0. The Hall–Kier alpha value is -2.02. The van der Waals surface area contributed by atoms with Gasteiger partial charge >= 0.3 is 0 Å². The number of nitrogens with zero attached hydrogens (tertiary/aromatic N) is 2. The van der Waals surface area contributed by atoms with E-state index in [0.29, 0.717) is 15.8 Å². The minimum atomic E-state index is -0.590. The Balaban J connectivity index is 2.81. The second-order valence-electron chi connectivity index (χ2n) is 3.60. The Kier molecular flexibility index (Phi) is 2.76. The third-order valence-electron chi connectivity index (χ3n) is 2.37. The van der Waals surface area contributed by atoms with Gasteiger partial charge in [-0.2, -0.15) is 4.91 Å². The Morgan fingerprint density at radius 3 is 2.88 bits per heavy atom. The lowest BCUT2D eigenvalue weighted by Crippen LogP contribution is -2.10. The van der Waals surface area contributed by atoms with Gasteiger partial charge in [-0.15, -0.1) is 11.3 Å². The maximum atomic E-state index is 11.2. The van der Waals surface area contributed by atoms with Crippen LogP contribution in [-0.4, -0.2) is 10.9 Å². The number of primary amides is 1. The van der Waals surface area contributed by atoms with E-state index in [0.717, 1.165) is 17.0 Å². The predicted molar refractivity (Wildman–Crippen MR) is 66.8 cm³/mol. The fraction of sp³-hybridized carbons (Fsp3) is 0.200. The molecule has 6 nitrogen and oxygen atoms in total. The summed E-state index contributed by atoms with van der Waals surface area (Å²) in [6, 6.07) is 1.73. The average Bonchev–Trinajstić information content (AvgIpc) is 2.56. The van der Waals surface area contributed by atoms with Crippen LogP contribution in [0.2, 0.25) is 0 Å². The molecule has 2 heterocycles. The van der Waals surface area contributed by atoms with Crippen molar-refractivity contribution >= 4 is 33.1 Å². The molecule has 0 aliphatic rings. The number of carbonyl (C=O) groups excluding carboxylic acids is 1. The molecule has 2 rings (SSSR count). The van der Waals surface area contributed by atoms with Crippen molar-refractivity contribution in [2.75, 3.05) is 5.73 Å². The predicted octanol–water partition coefficient (Wildman–Crippen LogP) is 1.55. The minimum Gasteiger partial charge on any atom is -0.397 e. The minimum absolute atomic E-state index is 0.000997. The molecule has 0 unspecified atom stereocenters. The molecule has 7 heteroatoms. The molecule has 4 N–H and O–H groups in total. The third kappa shape index (κ3) is 1.84. The molecule has 0 aliphatic heterocycles. The molecular weight excluding hydrogens is 240 g/mol. The van der Waals surface area contributed by atoms with Crippen molar-refractivity contribution in [2.45, 2.75) is 13.5 Å². The molecule has 0 spiro atoms. The number of hydrogen-bond donors (Lipinski definition) is 2. The number of nitrogens with two attached hydrogens (primary N) is 2. The smallest absolute Gasteiger partial charge is 0.260 e. The van der Waals surface area contributed by atoms with Crippen molar-refractivity contribution in [2.24, 2.45) is 10.9 Å². The first-order valence-electron chi connectivity index (χ1n) is 4.82. The highest BCUT2D eigenvalue weighted by atomic mass is 32.1. The number of nitrogen functional groups attached to an aromatic ring is 1. The van der Waals surface area contributed by atoms with Crippen LogP contribution in [0.1, 0.15) is 20.9 Å². The van der Waals surface area contributed by atoms with Gasteiger partial charge in [0.15, 0.2) is 0 Å². The first-order chi connectivity index (χ1) is 8.04. The number of aromatic nitrogens is 1. The normalized spacial score (nSPS) is 10.6. The van der Waals surface area contributed by atoms with E-state index in [1.165, 1.54) is 0 Å². The van der Waals surface area contributed by atoms with Crippen molar-refractivity contribution in [1.82, 2.24) is 4.98 Å². The first kappa shape index (κ1) is 11.5. The van der Waals surface area contributed by atoms with Gasteiger partial charge in [0.05, 0.1) is 5.69 Å². The number of anilines is 1. The highest BCUT2D eigenvalue weighted by molar-refractivity contribution is 7.21. The summed E-state index contributed by atoms with van der Waals surface area (Å²) < 4.78 is 0. The number of aryl methyl sites for hydroxylation is 1. The van der Waals surface area contributed by atoms with Crippen LogP contribution in [-0.2, 0) is 6.54 Å². The topological polar surface area (TPSA) is 111 Å². The van der Waals surface area contributed by atoms with E-state index in [2.05, 4.69) is 10.2 Å². The number of amides is 1. The van der Waals surface area contributed by atoms with E-state index >= 15 is 0 Å². The standard InChI is InChI=1S/C10H10N4O2S/c1-4-2-5(3-13-16)6-7(11)8(9(12)15)17-10(6)14-4/h2H,3,11H2,1H3,(H2,12,15). The van der Waals surface area contributed by atoms with Gasteiger partial charge < -0.3 is 11.5 Å². The van der Waals surface area contributed by atoms with Crippen molar-refractivity contribution in [1.29, 1.82) is 0 Å². The maximum Gasteiger partial charge on any atom is 0.260 e. The zero-order valence-corrected chi connectivity index (χ0v) is 9.87. The number of rotatable bonds is 3. The van der Waals surface area contributed by atoms with Crippen molar-refractivity contribution in [3.63, 3.8) is 0 Å². The number of nitroso groups, excluding NO2 is 1. The molecule has 2 aromatic heterocycles. The van der Waals surface area contributed by atoms with E-state index in [4.69, 9.17) is 11.5 Å². The second-order valence-corrected chi connectivity index (χ2v) is 4.60. The van der Waals surface area contributed by atoms with Gasteiger partial charge in [-0.3, -0.25) is 4.79 Å². The summed E-state index contributed by atoms with van der Waals surface area (Å²) in [5.41, 5.74) is 12.8. The Morgan fingerprint density at radius 2 is 2.29 bits per heavy atom. The molecule has 88 valence electrons. The van der Waals surface area contributed by atoms with Gasteiger partial charge in [0, 0.05) is 11.1 Å². The Bertz CT molecular complexity index is 620. The number of hydrogen-bond acceptors (Lipinski definition) is 6. The number of thiophene rings is 1. The number of carbonyl (C=O) groups is 1. The Labute approximate surface area is 101 Å². The van der Waals surface area contributed by atoms with Crippen LogP contribution in [0.5, 0.6) is 0 Å². The van der Waals surface area contributed by atoms with E-state index in [1.807, 2.05) is 0 Å². The Morgan fingerprint density at radius 1 is 1.59 bits per heavy atom. The largest absolute Gasteiger partial charge is 0.397 e. The van der Waals surface area contributed by atoms with Crippen LogP contribution < -0.4 is 11.5 Å². The molecule has 0 fully saturated rings. The molecule has 0 radical (unpaired) electrons. The molecule has 17 heavy (non-hydrogen) atoms. The molecular formula is C10H10N4O2S. The fourth-order valence-corrected chi connectivity index (χ4v) is 2.75.